The zero-order valence-corrected chi connectivity index (χ0v) is 33.3. The van der Waals surface area contributed by atoms with Gasteiger partial charge in [0.25, 0.3) is 5.91 Å². The first kappa shape index (κ1) is 42.7. The van der Waals surface area contributed by atoms with Gasteiger partial charge in [-0.05, 0) is 59.9 Å². The largest absolute Gasteiger partial charge is 0.465 e. The number of hydrazine groups is 1. The van der Waals surface area contributed by atoms with Gasteiger partial charge in [-0.2, -0.15) is 0 Å². The Hall–Kier alpha value is -5.01. The zero-order valence-electron chi connectivity index (χ0n) is 33.3. The number of aliphatic hydroxyl groups excluding tert-OH is 1. The van der Waals surface area contributed by atoms with Gasteiger partial charge in [0.15, 0.2) is 0 Å². The second-order valence-electron chi connectivity index (χ2n) is 15.6. The quantitative estimate of drug-likeness (QED) is 0.114. The number of aryl methyl sites for hydroxylation is 2. The number of carbonyl (C=O) groups excluding carboxylic acids is 3. The van der Waals surface area contributed by atoms with Gasteiger partial charge in [-0.25, -0.2) is 14.6 Å². The van der Waals surface area contributed by atoms with Gasteiger partial charge in [0.2, 0.25) is 5.91 Å². The highest BCUT2D eigenvalue weighted by molar-refractivity contribution is 5.88. The van der Waals surface area contributed by atoms with Crippen LogP contribution < -0.4 is 16.1 Å². The molecule has 55 heavy (non-hydrogen) atoms. The molecule has 1 saturated heterocycles. The van der Waals surface area contributed by atoms with Crippen LogP contribution in [0.25, 0.3) is 0 Å². The van der Waals surface area contributed by atoms with Crippen LogP contribution in [0, 0.1) is 18.3 Å². The Morgan fingerprint density at radius 3 is 2.16 bits per heavy atom. The fourth-order valence-electron chi connectivity index (χ4n) is 6.86. The predicted molar refractivity (Wildman–Crippen MR) is 212 cm³/mol. The van der Waals surface area contributed by atoms with Crippen LogP contribution in [0.5, 0.6) is 0 Å². The molecule has 13 heteroatoms. The Morgan fingerprint density at radius 2 is 1.56 bits per heavy atom. The second kappa shape index (κ2) is 19.5. The number of urea groups is 1. The minimum Gasteiger partial charge on any atom is -0.465 e. The van der Waals surface area contributed by atoms with Crippen molar-refractivity contribution in [3.8, 4) is 0 Å². The van der Waals surface area contributed by atoms with Gasteiger partial charge in [0.1, 0.15) is 12.1 Å². The standard InChI is InChI=1S/C42H59N7O6/c1-8-28(3)36(49-23-22-47(41(49)55)26-33-17-13-14-29(4)43-33)38(51)44-34(24-31-15-11-10-12-16-31)35(50)27-48(25-32-20-18-30(9-2)19-21-32)46-39(52)37(42(5,6)7)45-40(53)54/h10-21,28,34-37,45,50H,8-9,22-27H2,1-7H3,(H,44,51)(H,46,52)(H,53,54)/t28-,34-,35-,36-,37+/m0/s1. The summed E-state index contributed by atoms with van der Waals surface area (Å²) in [6, 6.07) is 20.2. The Bertz CT molecular complexity index is 1730. The van der Waals surface area contributed by atoms with E-state index in [4.69, 9.17) is 0 Å². The summed E-state index contributed by atoms with van der Waals surface area (Å²) in [6.45, 7) is 14.4. The zero-order chi connectivity index (χ0) is 40.3. The number of pyridine rings is 1. The number of hydrogen-bond donors (Lipinski definition) is 5. The number of carboxylic acid groups (broad SMARTS) is 1. The van der Waals surface area contributed by atoms with Crippen LogP contribution in [0.15, 0.2) is 72.8 Å². The average molecular weight is 758 g/mol. The van der Waals surface area contributed by atoms with E-state index in [0.717, 1.165) is 34.5 Å². The lowest BCUT2D eigenvalue weighted by Crippen LogP contribution is -2.60. The van der Waals surface area contributed by atoms with Crippen molar-refractivity contribution in [2.45, 2.75) is 105 Å². The molecule has 5 atom stereocenters. The van der Waals surface area contributed by atoms with Crippen molar-refractivity contribution in [2.75, 3.05) is 19.6 Å². The average Bonchev–Trinajstić information content (AvgIpc) is 3.48. The van der Waals surface area contributed by atoms with Crippen LogP contribution in [-0.2, 0) is 35.5 Å². The lowest BCUT2D eigenvalue weighted by atomic mass is 9.86. The minimum absolute atomic E-state index is 0.100. The van der Waals surface area contributed by atoms with Gasteiger partial charge in [-0.1, -0.05) is 109 Å². The van der Waals surface area contributed by atoms with Gasteiger partial charge in [0.05, 0.1) is 24.4 Å². The molecule has 0 spiro atoms. The topological polar surface area (TPSA) is 167 Å². The number of nitrogens with zero attached hydrogens (tertiary/aromatic N) is 4. The molecule has 1 aromatic heterocycles. The van der Waals surface area contributed by atoms with Crippen molar-refractivity contribution < 1.29 is 29.4 Å². The first-order valence-electron chi connectivity index (χ1n) is 19.2. The highest BCUT2D eigenvalue weighted by Gasteiger charge is 2.41. The summed E-state index contributed by atoms with van der Waals surface area (Å²) in [5.41, 5.74) is 6.63. The number of nitrogens with one attached hydrogen (secondary N) is 3. The van der Waals surface area contributed by atoms with Crippen molar-refractivity contribution >= 4 is 23.9 Å². The van der Waals surface area contributed by atoms with Crippen LogP contribution in [-0.4, -0.2) is 97.8 Å². The molecule has 298 valence electrons. The molecule has 1 aliphatic rings. The lowest BCUT2D eigenvalue weighted by molar-refractivity contribution is -0.132. The summed E-state index contributed by atoms with van der Waals surface area (Å²) in [4.78, 5) is 61.5. The molecule has 1 fully saturated rings. The SMILES string of the molecule is CCc1ccc(CN(C[C@H](O)[C@H](Cc2ccccc2)NC(=O)[C@H]([C@@H](C)CC)N2CCN(Cc3cccc(C)n3)C2=O)NC(=O)[C@@H](NC(=O)O)C(C)(C)C)cc1. The summed E-state index contributed by atoms with van der Waals surface area (Å²) in [5, 5.41) is 28.6. The lowest BCUT2D eigenvalue weighted by Gasteiger charge is -2.36. The van der Waals surface area contributed by atoms with E-state index < -0.39 is 41.6 Å². The third kappa shape index (κ3) is 12.2. The molecule has 13 nitrogen and oxygen atoms in total. The number of rotatable bonds is 18. The van der Waals surface area contributed by atoms with Crippen LogP contribution in [0.4, 0.5) is 9.59 Å². The fraction of sp³-hybridized carbons (Fsp3) is 0.500. The number of amides is 5. The third-order valence-corrected chi connectivity index (χ3v) is 10.2. The number of hydrogen-bond acceptors (Lipinski definition) is 7. The molecule has 0 radical (unpaired) electrons. The number of aliphatic hydroxyl groups is 1. The van der Waals surface area contributed by atoms with Crippen LogP contribution in [0.1, 0.15) is 76.0 Å². The predicted octanol–water partition coefficient (Wildman–Crippen LogP) is 4.91. The van der Waals surface area contributed by atoms with Gasteiger partial charge >= 0.3 is 12.1 Å². The van der Waals surface area contributed by atoms with E-state index in [0.29, 0.717) is 26.1 Å². The van der Waals surface area contributed by atoms with Gasteiger partial charge in [-0.15, -0.1) is 0 Å². The van der Waals surface area contributed by atoms with E-state index in [2.05, 4.69) is 28.0 Å². The molecule has 0 saturated carbocycles. The maximum Gasteiger partial charge on any atom is 0.405 e. The molecule has 4 rings (SSSR count). The van der Waals surface area contributed by atoms with E-state index in [1.54, 1.807) is 35.6 Å². The van der Waals surface area contributed by atoms with E-state index in [-0.39, 0.29) is 37.4 Å². The Balaban J connectivity index is 1.61. The molecule has 0 bridgehead atoms. The molecule has 5 N–H and O–H groups in total. The van der Waals surface area contributed by atoms with E-state index in [9.17, 15) is 29.4 Å². The minimum atomic E-state index is -1.33. The molecule has 2 aromatic carbocycles. The van der Waals surface area contributed by atoms with E-state index in [1.807, 2.05) is 93.6 Å². The van der Waals surface area contributed by atoms with Gasteiger partial charge in [0, 0.05) is 31.9 Å². The molecular weight excluding hydrogens is 699 g/mol. The molecule has 0 unspecified atom stereocenters. The third-order valence-electron chi connectivity index (χ3n) is 10.2. The molecule has 1 aliphatic heterocycles. The maximum atomic E-state index is 14.4. The molecule has 0 aliphatic carbocycles. The monoisotopic (exact) mass is 757 g/mol. The summed E-state index contributed by atoms with van der Waals surface area (Å²) in [6.07, 6.45) is -0.751. The molecular formula is C42H59N7O6. The van der Waals surface area contributed by atoms with Crippen molar-refractivity contribution in [1.29, 1.82) is 0 Å². The normalized spacial score (nSPS) is 16.0. The van der Waals surface area contributed by atoms with Crippen molar-refractivity contribution in [3.05, 3.63) is 101 Å². The first-order valence-corrected chi connectivity index (χ1v) is 19.2. The molecule has 5 amide bonds. The van der Waals surface area contributed by atoms with E-state index >= 15 is 0 Å². The Kier molecular flexibility index (Phi) is 15.2. The summed E-state index contributed by atoms with van der Waals surface area (Å²) in [7, 11) is 0. The first-order chi connectivity index (χ1) is 26.1. The van der Waals surface area contributed by atoms with Gasteiger partial charge in [-0.3, -0.25) is 20.0 Å². The number of carbonyl (C=O) groups is 4. The maximum absolute atomic E-state index is 14.4. The molecule has 3 aromatic rings. The molecule has 2 heterocycles. The van der Waals surface area contributed by atoms with Gasteiger partial charge < -0.3 is 30.6 Å². The van der Waals surface area contributed by atoms with Crippen molar-refractivity contribution in [2.24, 2.45) is 11.3 Å². The smallest absolute Gasteiger partial charge is 0.405 e. The Morgan fingerprint density at radius 1 is 0.891 bits per heavy atom. The number of aromatic nitrogens is 1. The second-order valence-corrected chi connectivity index (χ2v) is 15.6. The Labute approximate surface area is 325 Å². The van der Waals surface area contributed by atoms with Crippen LogP contribution in [0.2, 0.25) is 0 Å². The van der Waals surface area contributed by atoms with Crippen molar-refractivity contribution in [3.63, 3.8) is 0 Å². The summed E-state index contributed by atoms with van der Waals surface area (Å²) < 4.78 is 0. The summed E-state index contributed by atoms with van der Waals surface area (Å²) >= 11 is 0. The van der Waals surface area contributed by atoms with Crippen LogP contribution in [0.3, 0.4) is 0 Å². The summed E-state index contributed by atoms with van der Waals surface area (Å²) in [5.74, 6) is -1.14. The highest BCUT2D eigenvalue weighted by Crippen LogP contribution is 2.24. The fourth-order valence-corrected chi connectivity index (χ4v) is 6.86. The van der Waals surface area contributed by atoms with Crippen molar-refractivity contribution in [1.82, 2.24) is 35.9 Å². The number of benzene rings is 2. The van der Waals surface area contributed by atoms with Crippen LogP contribution >= 0.6 is 0 Å². The highest BCUT2D eigenvalue weighted by atomic mass is 16.4. The van der Waals surface area contributed by atoms with E-state index in [1.165, 1.54) is 0 Å².